The van der Waals surface area contributed by atoms with Gasteiger partial charge in [0.15, 0.2) is 0 Å². The van der Waals surface area contributed by atoms with E-state index in [-0.39, 0.29) is 12.0 Å². The number of ether oxygens (including phenoxy) is 1. The maximum absolute atomic E-state index is 5.70. The Labute approximate surface area is 122 Å². The van der Waals surface area contributed by atoms with Crippen LogP contribution in [0.1, 0.15) is 77.6 Å². The fraction of sp³-hybridized carbons (Fsp3) is 0.867. The molecule has 1 heterocycles. The third kappa shape index (κ3) is 4.56. The number of nitrogens with zero attached hydrogens (tertiary/aromatic N) is 2. The average Bonchev–Trinajstić information content (AvgIpc) is 2.89. The molecule has 0 radical (unpaired) electrons. The zero-order chi connectivity index (χ0) is 15.0. The van der Waals surface area contributed by atoms with Gasteiger partial charge >= 0.3 is 0 Å². The lowest BCUT2D eigenvalue weighted by Gasteiger charge is -2.19. The van der Waals surface area contributed by atoms with Gasteiger partial charge in [0, 0.05) is 12.6 Å². The van der Waals surface area contributed by atoms with Gasteiger partial charge in [-0.1, -0.05) is 32.3 Å². The van der Waals surface area contributed by atoms with Crippen LogP contribution in [-0.4, -0.2) is 29.3 Å². The highest BCUT2D eigenvalue weighted by atomic mass is 16.5. The van der Waals surface area contributed by atoms with Crippen molar-refractivity contribution < 1.29 is 9.26 Å². The molecule has 3 unspecified atom stereocenters. The van der Waals surface area contributed by atoms with Crippen molar-refractivity contribution in [3.05, 3.63) is 11.7 Å². The molecular weight excluding hydrogens is 254 g/mol. The van der Waals surface area contributed by atoms with E-state index < -0.39 is 0 Å². The quantitative estimate of drug-likeness (QED) is 0.712. The summed E-state index contributed by atoms with van der Waals surface area (Å²) < 4.78 is 11.2. The van der Waals surface area contributed by atoms with Crippen molar-refractivity contribution in [3.63, 3.8) is 0 Å². The van der Waals surface area contributed by atoms with E-state index in [0.717, 1.165) is 31.7 Å². The summed E-state index contributed by atoms with van der Waals surface area (Å²) in [6.45, 7) is 12.1. The SMILES string of the molecule is CCCC(OCC)c1noc(C(CC)C(C)NCC)n1. The predicted octanol–water partition coefficient (Wildman–Crippen LogP) is 3.44. The van der Waals surface area contributed by atoms with Crippen molar-refractivity contribution >= 4 is 0 Å². The lowest BCUT2D eigenvalue weighted by molar-refractivity contribution is 0.0477. The van der Waals surface area contributed by atoms with Crippen LogP contribution in [0.3, 0.4) is 0 Å². The van der Waals surface area contributed by atoms with Gasteiger partial charge in [-0.25, -0.2) is 0 Å². The van der Waals surface area contributed by atoms with E-state index in [2.05, 4.69) is 43.2 Å². The van der Waals surface area contributed by atoms with E-state index in [1.807, 2.05) is 6.92 Å². The monoisotopic (exact) mass is 283 g/mol. The normalized spacial score (nSPS) is 16.1. The van der Waals surface area contributed by atoms with Gasteiger partial charge in [-0.3, -0.25) is 0 Å². The molecule has 1 N–H and O–H groups in total. The lowest BCUT2D eigenvalue weighted by Crippen LogP contribution is -2.31. The van der Waals surface area contributed by atoms with Crippen LogP contribution in [0.2, 0.25) is 0 Å². The van der Waals surface area contributed by atoms with E-state index in [4.69, 9.17) is 9.26 Å². The van der Waals surface area contributed by atoms with E-state index >= 15 is 0 Å². The highest BCUT2D eigenvalue weighted by Crippen LogP contribution is 2.25. The summed E-state index contributed by atoms with van der Waals surface area (Å²) in [6, 6.07) is 0.329. The summed E-state index contributed by atoms with van der Waals surface area (Å²) in [6.07, 6.45) is 2.89. The Morgan fingerprint density at radius 1 is 1.25 bits per heavy atom. The molecule has 116 valence electrons. The Morgan fingerprint density at radius 3 is 2.55 bits per heavy atom. The minimum atomic E-state index is -0.0468. The molecule has 1 aromatic rings. The fourth-order valence-corrected chi connectivity index (χ4v) is 2.49. The van der Waals surface area contributed by atoms with Crippen LogP contribution >= 0.6 is 0 Å². The number of likely N-dealkylation sites (N-methyl/N-ethyl adjacent to an activating group) is 1. The Hall–Kier alpha value is -0.940. The third-order valence-corrected chi connectivity index (χ3v) is 3.55. The molecule has 0 aliphatic rings. The molecule has 0 amide bonds. The maximum Gasteiger partial charge on any atom is 0.231 e. The number of rotatable bonds is 10. The molecular formula is C15H29N3O2. The second-order valence-corrected chi connectivity index (χ2v) is 5.08. The average molecular weight is 283 g/mol. The summed E-state index contributed by atoms with van der Waals surface area (Å²) in [5, 5.41) is 7.55. The first-order valence-electron chi connectivity index (χ1n) is 7.86. The highest BCUT2D eigenvalue weighted by Gasteiger charge is 2.25. The van der Waals surface area contributed by atoms with E-state index in [1.54, 1.807) is 0 Å². The predicted molar refractivity (Wildman–Crippen MR) is 79.7 cm³/mol. The molecule has 0 fully saturated rings. The largest absolute Gasteiger partial charge is 0.370 e. The van der Waals surface area contributed by atoms with Gasteiger partial charge in [0.1, 0.15) is 6.10 Å². The Kier molecular flexibility index (Phi) is 7.77. The van der Waals surface area contributed by atoms with E-state index in [1.165, 1.54) is 0 Å². The van der Waals surface area contributed by atoms with Gasteiger partial charge < -0.3 is 14.6 Å². The minimum Gasteiger partial charge on any atom is -0.370 e. The lowest BCUT2D eigenvalue weighted by atomic mass is 9.98. The summed E-state index contributed by atoms with van der Waals surface area (Å²) in [7, 11) is 0. The molecule has 0 saturated heterocycles. The van der Waals surface area contributed by atoms with Gasteiger partial charge in [-0.05, 0) is 33.2 Å². The van der Waals surface area contributed by atoms with Crippen LogP contribution in [0.5, 0.6) is 0 Å². The Morgan fingerprint density at radius 2 is 2.00 bits per heavy atom. The minimum absolute atomic E-state index is 0.0468. The smallest absolute Gasteiger partial charge is 0.231 e. The van der Waals surface area contributed by atoms with Crippen molar-refractivity contribution in [2.24, 2.45) is 0 Å². The van der Waals surface area contributed by atoms with Gasteiger partial charge in [0.2, 0.25) is 11.7 Å². The number of nitrogens with one attached hydrogen (secondary N) is 1. The van der Waals surface area contributed by atoms with E-state index in [0.29, 0.717) is 18.5 Å². The molecule has 0 aliphatic carbocycles. The molecule has 0 aliphatic heterocycles. The van der Waals surface area contributed by atoms with Crippen LogP contribution in [0.4, 0.5) is 0 Å². The summed E-state index contributed by atoms with van der Waals surface area (Å²) in [4.78, 5) is 4.58. The van der Waals surface area contributed by atoms with Crippen molar-refractivity contribution in [2.75, 3.05) is 13.2 Å². The summed E-state index contributed by atoms with van der Waals surface area (Å²) in [5.41, 5.74) is 0. The number of aromatic nitrogens is 2. The second-order valence-electron chi connectivity index (χ2n) is 5.08. The molecule has 20 heavy (non-hydrogen) atoms. The van der Waals surface area contributed by atoms with Gasteiger partial charge in [0.05, 0.1) is 5.92 Å². The topological polar surface area (TPSA) is 60.2 Å². The first-order chi connectivity index (χ1) is 9.67. The van der Waals surface area contributed by atoms with Crippen molar-refractivity contribution in [1.82, 2.24) is 15.5 Å². The Bertz CT molecular complexity index is 362. The molecule has 0 bridgehead atoms. The molecule has 1 aromatic heterocycles. The molecule has 0 spiro atoms. The van der Waals surface area contributed by atoms with Crippen LogP contribution in [0.25, 0.3) is 0 Å². The molecule has 0 aromatic carbocycles. The molecule has 1 rings (SSSR count). The van der Waals surface area contributed by atoms with Crippen molar-refractivity contribution in [1.29, 1.82) is 0 Å². The van der Waals surface area contributed by atoms with Crippen LogP contribution < -0.4 is 5.32 Å². The van der Waals surface area contributed by atoms with Crippen LogP contribution in [-0.2, 0) is 4.74 Å². The molecule has 0 saturated carbocycles. The highest BCUT2D eigenvalue weighted by molar-refractivity contribution is 5.00. The fourth-order valence-electron chi connectivity index (χ4n) is 2.49. The van der Waals surface area contributed by atoms with Gasteiger partial charge in [-0.15, -0.1) is 0 Å². The summed E-state index contributed by atoms with van der Waals surface area (Å²) >= 11 is 0. The zero-order valence-corrected chi connectivity index (χ0v) is 13.5. The van der Waals surface area contributed by atoms with Gasteiger partial charge in [-0.2, -0.15) is 4.98 Å². The molecule has 5 heteroatoms. The zero-order valence-electron chi connectivity index (χ0n) is 13.5. The first kappa shape index (κ1) is 17.1. The first-order valence-corrected chi connectivity index (χ1v) is 7.86. The number of hydrogen-bond donors (Lipinski definition) is 1. The third-order valence-electron chi connectivity index (χ3n) is 3.55. The summed E-state index contributed by atoms with van der Waals surface area (Å²) in [5.74, 6) is 1.66. The van der Waals surface area contributed by atoms with Crippen molar-refractivity contribution in [2.45, 2.75) is 71.9 Å². The maximum atomic E-state index is 5.70. The standard InChI is InChI=1S/C15H29N3O2/c1-6-10-13(19-9-4)14-17-15(20-18-14)12(7-2)11(5)16-8-3/h11-13,16H,6-10H2,1-5H3. The second kappa shape index (κ2) is 9.08. The molecule has 3 atom stereocenters. The van der Waals surface area contributed by atoms with Gasteiger partial charge in [0.25, 0.3) is 0 Å². The number of hydrogen-bond acceptors (Lipinski definition) is 5. The van der Waals surface area contributed by atoms with Crippen LogP contribution in [0.15, 0.2) is 4.52 Å². The Balaban J connectivity index is 2.82. The molecule has 5 nitrogen and oxygen atoms in total. The van der Waals surface area contributed by atoms with E-state index in [9.17, 15) is 0 Å². The van der Waals surface area contributed by atoms with Crippen LogP contribution in [0, 0.1) is 0 Å². The van der Waals surface area contributed by atoms with Crippen molar-refractivity contribution in [3.8, 4) is 0 Å².